The van der Waals surface area contributed by atoms with Crippen molar-refractivity contribution in [2.45, 2.75) is 44.7 Å². The third kappa shape index (κ3) is 3.70. The lowest BCUT2D eigenvalue weighted by Gasteiger charge is -2.28. The largest absolute Gasteiger partial charge is 0.311 e. The van der Waals surface area contributed by atoms with Gasteiger partial charge in [-0.05, 0) is 61.4 Å². The van der Waals surface area contributed by atoms with Crippen molar-refractivity contribution in [3.63, 3.8) is 0 Å². The second kappa shape index (κ2) is 6.40. The molecule has 0 heterocycles. The molecule has 0 saturated carbocycles. The summed E-state index contributed by atoms with van der Waals surface area (Å²) >= 11 is 0. The molecule has 1 aliphatic carbocycles. The summed E-state index contributed by atoms with van der Waals surface area (Å²) in [7, 11) is 0. The maximum Gasteiger partial charge on any atom is 0.123 e. The Kier molecular flexibility index (Phi) is 4.35. The molecule has 2 atom stereocenters. The summed E-state index contributed by atoms with van der Waals surface area (Å²) in [6, 6.07) is 16.5. The van der Waals surface area contributed by atoms with Crippen LogP contribution in [0.15, 0.2) is 48.5 Å². The van der Waals surface area contributed by atoms with Gasteiger partial charge in [0.1, 0.15) is 5.82 Å². The van der Waals surface area contributed by atoms with Crippen molar-refractivity contribution in [1.29, 1.82) is 0 Å². The van der Waals surface area contributed by atoms with Gasteiger partial charge in [0.25, 0.3) is 0 Å². The first-order chi connectivity index (χ1) is 10.2. The predicted molar refractivity (Wildman–Crippen MR) is 85.0 cm³/mol. The molecule has 1 N–H and O–H groups in total. The Hall–Kier alpha value is -1.67. The number of aryl methyl sites for hydroxylation is 1. The number of rotatable bonds is 4. The molecular weight excluding hydrogens is 261 g/mol. The fraction of sp³-hybridized carbons (Fsp3) is 0.368. The Labute approximate surface area is 126 Å². The van der Waals surface area contributed by atoms with Crippen LogP contribution in [0, 0.1) is 5.82 Å². The molecule has 0 spiro atoms. The normalized spacial score (nSPS) is 19.0. The lowest BCUT2D eigenvalue weighted by atomic mass is 9.88. The van der Waals surface area contributed by atoms with Gasteiger partial charge >= 0.3 is 0 Å². The van der Waals surface area contributed by atoms with Crippen molar-refractivity contribution in [1.82, 2.24) is 5.32 Å². The minimum atomic E-state index is -0.147. The van der Waals surface area contributed by atoms with Crippen LogP contribution in [0.3, 0.4) is 0 Å². The van der Waals surface area contributed by atoms with Gasteiger partial charge in [-0.1, -0.05) is 36.4 Å². The van der Waals surface area contributed by atoms with E-state index in [0.717, 1.165) is 24.8 Å². The van der Waals surface area contributed by atoms with Gasteiger partial charge in [0.15, 0.2) is 0 Å². The van der Waals surface area contributed by atoms with Gasteiger partial charge in [0.2, 0.25) is 0 Å². The van der Waals surface area contributed by atoms with Gasteiger partial charge in [0.05, 0.1) is 0 Å². The Balaban J connectivity index is 1.57. The van der Waals surface area contributed by atoms with E-state index in [2.05, 4.69) is 36.5 Å². The number of nitrogens with one attached hydrogen (secondary N) is 1. The number of hydrogen-bond acceptors (Lipinski definition) is 1. The van der Waals surface area contributed by atoms with Crippen LogP contribution in [0.5, 0.6) is 0 Å². The van der Waals surface area contributed by atoms with Gasteiger partial charge < -0.3 is 5.32 Å². The molecule has 0 aromatic heterocycles. The Morgan fingerprint density at radius 1 is 1.14 bits per heavy atom. The molecule has 2 heteroatoms. The molecule has 0 amide bonds. The summed E-state index contributed by atoms with van der Waals surface area (Å²) in [5.41, 5.74) is 4.03. The Bertz CT molecular complexity index is 608. The predicted octanol–water partition coefficient (Wildman–Crippen LogP) is 3.90. The quantitative estimate of drug-likeness (QED) is 0.897. The first-order valence-corrected chi connectivity index (χ1v) is 7.78. The summed E-state index contributed by atoms with van der Waals surface area (Å²) in [5.74, 6) is -0.147. The zero-order chi connectivity index (χ0) is 14.7. The fourth-order valence-electron chi connectivity index (χ4n) is 3.32. The van der Waals surface area contributed by atoms with E-state index in [0.29, 0.717) is 12.1 Å². The van der Waals surface area contributed by atoms with Crippen molar-refractivity contribution < 1.29 is 4.39 Å². The van der Waals surface area contributed by atoms with Crippen LogP contribution in [0.4, 0.5) is 4.39 Å². The fourth-order valence-corrected chi connectivity index (χ4v) is 3.32. The zero-order valence-electron chi connectivity index (χ0n) is 12.5. The van der Waals surface area contributed by atoms with Crippen LogP contribution >= 0.6 is 0 Å². The molecule has 3 rings (SSSR count). The van der Waals surface area contributed by atoms with Gasteiger partial charge in [-0.25, -0.2) is 4.39 Å². The maximum atomic E-state index is 13.2. The minimum absolute atomic E-state index is 0.147. The zero-order valence-corrected chi connectivity index (χ0v) is 12.5. The second-order valence-electron chi connectivity index (χ2n) is 6.11. The molecule has 2 unspecified atom stereocenters. The third-order valence-corrected chi connectivity index (χ3v) is 4.30. The van der Waals surface area contributed by atoms with Gasteiger partial charge in [0, 0.05) is 12.1 Å². The average Bonchev–Trinajstić information content (AvgIpc) is 2.47. The summed E-state index contributed by atoms with van der Waals surface area (Å²) in [6.07, 6.45) is 4.31. The van der Waals surface area contributed by atoms with E-state index in [4.69, 9.17) is 0 Å². The highest BCUT2D eigenvalue weighted by Crippen LogP contribution is 2.21. The van der Waals surface area contributed by atoms with Crippen molar-refractivity contribution in [3.05, 3.63) is 71.0 Å². The van der Waals surface area contributed by atoms with Crippen LogP contribution in [0.2, 0.25) is 0 Å². The van der Waals surface area contributed by atoms with E-state index >= 15 is 0 Å². The van der Waals surface area contributed by atoms with E-state index in [-0.39, 0.29) is 5.82 Å². The smallest absolute Gasteiger partial charge is 0.123 e. The second-order valence-corrected chi connectivity index (χ2v) is 6.11. The van der Waals surface area contributed by atoms with E-state index in [1.165, 1.54) is 23.6 Å². The van der Waals surface area contributed by atoms with Crippen molar-refractivity contribution in [2.24, 2.45) is 0 Å². The first kappa shape index (κ1) is 14.3. The molecule has 0 radical (unpaired) electrons. The number of hydrogen-bond donors (Lipinski definition) is 1. The van der Waals surface area contributed by atoms with Crippen LogP contribution < -0.4 is 5.32 Å². The monoisotopic (exact) mass is 283 g/mol. The molecule has 110 valence electrons. The van der Waals surface area contributed by atoms with Crippen LogP contribution in [0.25, 0.3) is 0 Å². The SMILES string of the molecule is CC(Cc1cccc(F)c1)NC1CCc2ccccc2C1. The van der Waals surface area contributed by atoms with E-state index < -0.39 is 0 Å². The molecular formula is C19H22FN. The highest BCUT2D eigenvalue weighted by Gasteiger charge is 2.19. The van der Waals surface area contributed by atoms with E-state index in [1.54, 1.807) is 12.1 Å². The average molecular weight is 283 g/mol. The summed E-state index contributed by atoms with van der Waals surface area (Å²) in [4.78, 5) is 0. The topological polar surface area (TPSA) is 12.0 Å². The number of halogens is 1. The van der Waals surface area contributed by atoms with Crippen molar-refractivity contribution >= 4 is 0 Å². The third-order valence-electron chi connectivity index (χ3n) is 4.30. The lowest BCUT2D eigenvalue weighted by molar-refractivity contribution is 0.405. The molecule has 0 fully saturated rings. The highest BCUT2D eigenvalue weighted by molar-refractivity contribution is 5.30. The molecule has 1 nitrogen and oxygen atoms in total. The van der Waals surface area contributed by atoms with Crippen LogP contribution in [-0.4, -0.2) is 12.1 Å². The Morgan fingerprint density at radius 3 is 2.76 bits per heavy atom. The van der Waals surface area contributed by atoms with E-state index in [1.807, 2.05) is 6.07 Å². The van der Waals surface area contributed by atoms with Crippen molar-refractivity contribution in [3.8, 4) is 0 Å². The molecule has 2 aromatic carbocycles. The molecule has 1 aliphatic rings. The van der Waals surface area contributed by atoms with Gasteiger partial charge in [-0.2, -0.15) is 0 Å². The lowest BCUT2D eigenvalue weighted by Crippen LogP contribution is -2.41. The van der Waals surface area contributed by atoms with Crippen molar-refractivity contribution in [2.75, 3.05) is 0 Å². The maximum absolute atomic E-state index is 13.2. The van der Waals surface area contributed by atoms with E-state index in [9.17, 15) is 4.39 Å². The number of fused-ring (bicyclic) bond motifs is 1. The number of benzene rings is 2. The van der Waals surface area contributed by atoms with Gasteiger partial charge in [-0.3, -0.25) is 0 Å². The minimum Gasteiger partial charge on any atom is -0.311 e. The standard InChI is InChI=1S/C19H22FN/c1-14(11-15-5-4-8-18(20)12-15)21-19-10-9-16-6-2-3-7-17(16)13-19/h2-8,12,14,19,21H,9-11,13H2,1H3. The molecule has 0 bridgehead atoms. The van der Waals surface area contributed by atoms with Gasteiger partial charge in [-0.15, -0.1) is 0 Å². The summed E-state index contributed by atoms with van der Waals surface area (Å²) in [6.45, 7) is 2.19. The Morgan fingerprint density at radius 2 is 1.95 bits per heavy atom. The highest BCUT2D eigenvalue weighted by atomic mass is 19.1. The summed E-state index contributed by atoms with van der Waals surface area (Å²) < 4.78 is 13.2. The van der Waals surface area contributed by atoms with Crippen LogP contribution in [-0.2, 0) is 19.3 Å². The van der Waals surface area contributed by atoms with Crippen LogP contribution in [0.1, 0.15) is 30.0 Å². The molecule has 0 saturated heterocycles. The molecule has 21 heavy (non-hydrogen) atoms. The first-order valence-electron chi connectivity index (χ1n) is 7.78. The summed E-state index contributed by atoms with van der Waals surface area (Å²) in [5, 5.41) is 3.71. The molecule has 0 aliphatic heterocycles. The molecule has 2 aromatic rings.